The Morgan fingerprint density at radius 2 is 1.42 bits per heavy atom. The molecule has 74 valence electrons. The lowest BCUT2D eigenvalue weighted by Crippen LogP contribution is -2.20. The summed E-state index contributed by atoms with van der Waals surface area (Å²) in [5.41, 5.74) is 2.00. The van der Waals surface area contributed by atoms with Gasteiger partial charge in [-0.05, 0) is 0 Å². The van der Waals surface area contributed by atoms with Gasteiger partial charge < -0.3 is 0 Å². The first-order chi connectivity index (χ1) is 5.59. The van der Waals surface area contributed by atoms with Gasteiger partial charge in [-0.3, -0.25) is 0 Å². The fraction of sp³-hybridized carbons (Fsp3) is 1.00. The van der Waals surface area contributed by atoms with Crippen LogP contribution in [0.4, 0.5) is 0 Å². The molecule has 0 nitrogen and oxygen atoms in total. The molecule has 0 heterocycles. The van der Waals surface area contributed by atoms with Crippen LogP contribution in [0.5, 0.6) is 0 Å². The smallest absolute Gasteiger partial charge is 0.0419 e. The van der Waals surface area contributed by atoms with Gasteiger partial charge in [-0.25, -0.2) is 0 Å². The third-order valence-corrected chi connectivity index (χ3v) is 7.35. The van der Waals surface area contributed by atoms with Crippen molar-refractivity contribution < 1.29 is 0 Å². The molecule has 0 aliphatic rings. The Kier molecular flexibility index (Phi) is 6.82. The van der Waals surface area contributed by atoms with Crippen molar-refractivity contribution in [2.45, 2.75) is 71.0 Å². The average molecular weight is 186 g/mol. The van der Waals surface area contributed by atoms with Crippen molar-refractivity contribution in [2.24, 2.45) is 0 Å². The van der Waals surface area contributed by atoms with Gasteiger partial charge >= 0.3 is 0 Å². The van der Waals surface area contributed by atoms with Crippen LogP contribution in [0.25, 0.3) is 0 Å². The minimum Gasteiger partial charge on any atom is -0.0654 e. The van der Waals surface area contributed by atoms with Gasteiger partial charge in [-0.1, -0.05) is 71.0 Å². The summed E-state index contributed by atoms with van der Waals surface area (Å²) in [6.07, 6.45) is 4.31. The number of hydrogen-bond donors (Lipinski definition) is 0. The van der Waals surface area contributed by atoms with Crippen molar-refractivity contribution in [1.82, 2.24) is 0 Å². The Morgan fingerprint density at radius 3 is 1.75 bits per heavy atom. The highest BCUT2D eigenvalue weighted by atomic mass is 28.3. The van der Waals surface area contributed by atoms with E-state index < -0.39 is 8.80 Å². The number of hydrogen-bond acceptors (Lipinski definition) is 0. The van der Waals surface area contributed by atoms with Gasteiger partial charge in [0.2, 0.25) is 0 Å². The van der Waals surface area contributed by atoms with Crippen LogP contribution in [0.15, 0.2) is 0 Å². The molecule has 1 heteroatoms. The standard InChI is InChI=1S/C11H26Si/c1-6-7-8-9-12(10(2)3)11(4)5/h10-12H,6-9H2,1-5H3. The lowest BCUT2D eigenvalue weighted by Gasteiger charge is -2.22. The molecule has 0 radical (unpaired) electrons. The summed E-state index contributed by atoms with van der Waals surface area (Å²) in [6.45, 7) is 12.0. The monoisotopic (exact) mass is 186 g/mol. The summed E-state index contributed by atoms with van der Waals surface area (Å²) < 4.78 is 0. The molecule has 0 bridgehead atoms. The van der Waals surface area contributed by atoms with Gasteiger partial charge in [-0.2, -0.15) is 0 Å². The summed E-state index contributed by atoms with van der Waals surface area (Å²) in [4.78, 5) is 0. The molecule has 0 atom stereocenters. The van der Waals surface area contributed by atoms with E-state index in [4.69, 9.17) is 0 Å². The van der Waals surface area contributed by atoms with Gasteiger partial charge in [0.25, 0.3) is 0 Å². The summed E-state index contributed by atoms with van der Waals surface area (Å²) >= 11 is 0. The van der Waals surface area contributed by atoms with E-state index in [0.29, 0.717) is 0 Å². The zero-order valence-corrected chi connectivity index (χ0v) is 10.7. The van der Waals surface area contributed by atoms with E-state index in [1.54, 1.807) is 6.04 Å². The maximum absolute atomic E-state index is 2.42. The maximum Gasteiger partial charge on any atom is 0.0419 e. The summed E-state index contributed by atoms with van der Waals surface area (Å²) in [5.74, 6) is 0. The molecule has 0 aromatic heterocycles. The average Bonchev–Trinajstić information content (AvgIpc) is 1.96. The Morgan fingerprint density at radius 1 is 0.917 bits per heavy atom. The van der Waals surface area contributed by atoms with Crippen molar-refractivity contribution in [3.05, 3.63) is 0 Å². The fourth-order valence-electron chi connectivity index (χ4n) is 2.07. The van der Waals surface area contributed by atoms with Gasteiger partial charge in [0.1, 0.15) is 0 Å². The predicted molar refractivity (Wildman–Crippen MR) is 61.7 cm³/mol. The van der Waals surface area contributed by atoms with Crippen LogP contribution in [0.1, 0.15) is 53.9 Å². The van der Waals surface area contributed by atoms with Gasteiger partial charge in [0.05, 0.1) is 0 Å². The lowest BCUT2D eigenvalue weighted by molar-refractivity contribution is 0.752. The third-order valence-electron chi connectivity index (χ3n) is 2.85. The summed E-state index contributed by atoms with van der Waals surface area (Å²) in [5, 5.41) is 0. The molecule has 0 aliphatic carbocycles. The van der Waals surface area contributed by atoms with Crippen LogP contribution < -0.4 is 0 Å². The van der Waals surface area contributed by atoms with Crippen LogP contribution >= 0.6 is 0 Å². The lowest BCUT2D eigenvalue weighted by atomic mass is 10.3. The van der Waals surface area contributed by atoms with E-state index >= 15 is 0 Å². The van der Waals surface area contributed by atoms with E-state index in [1.165, 1.54) is 19.3 Å². The molecule has 0 aromatic carbocycles. The minimum atomic E-state index is -0.412. The first kappa shape index (κ1) is 12.2. The predicted octanol–water partition coefficient (Wildman–Crippen LogP) is 4.22. The molecule has 0 rings (SSSR count). The topological polar surface area (TPSA) is 0 Å². The Labute approximate surface area is 80.4 Å². The first-order valence-electron chi connectivity index (χ1n) is 5.59. The second-order valence-electron chi connectivity index (χ2n) is 4.65. The van der Waals surface area contributed by atoms with Gasteiger partial charge in [0.15, 0.2) is 0 Å². The highest BCUT2D eigenvalue weighted by Crippen LogP contribution is 2.25. The molecule has 0 spiro atoms. The Bertz CT molecular complexity index is 89.2. The van der Waals surface area contributed by atoms with Crippen molar-refractivity contribution in [1.29, 1.82) is 0 Å². The second kappa shape index (κ2) is 6.70. The van der Waals surface area contributed by atoms with Crippen LogP contribution in [0, 0.1) is 0 Å². The van der Waals surface area contributed by atoms with Gasteiger partial charge in [-0.15, -0.1) is 0 Å². The van der Waals surface area contributed by atoms with E-state index in [2.05, 4.69) is 34.6 Å². The molecule has 0 saturated carbocycles. The molecule has 0 aliphatic heterocycles. The molecule has 0 unspecified atom stereocenters. The van der Waals surface area contributed by atoms with E-state index in [0.717, 1.165) is 11.1 Å². The van der Waals surface area contributed by atoms with Crippen LogP contribution in [-0.2, 0) is 0 Å². The van der Waals surface area contributed by atoms with Crippen molar-refractivity contribution >= 4 is 8.80 Å². The SMILES string of the molecule is CCCCC[SiH](C(C)C)C(C)C. The molecule has 12 heavy (non-hydrogen) atoms. The highest BCUT2D eigenvalue weighted by molar-refractivity contribution is 6.61. The van der Waals surface area contributed by atoms with Gasteiger partial charge in [0, 0.05) is 8.80 Å². The van der Waals surface area contributed by atoms with E-state index in [1.807, 2.05) is 0 Å². The minimum absolute atomic E-state index is 0.412. The van der Waals surface area contributed by atoms with Crippen molar-refractivity contribution in [3.8, 4) is 0 Å². The zero-order valence-electron chi connectivity index (χ0n) is 9.56. The molecule has 0 saturated heterocycles. The Hall–Kier alpha value is 0.217. The second-order valence-corrected chi connectivity index (χ2v) is 9.22. The van der Waals surface area contributed by atoms with Crippen molar-refractivity contribution in [3.63, 3.8) is 0 Å². The molecular weight excluding hydrogens is 160 g/mol. The molecule has 0 fully saturated rings. The number of unbranched alkanes of at least 4 members (excludes halogenated alkanes) is 2. The summed E-state index contributed by atoms with van der Waals surface area (Å²) in [6, 6.07) is 1.57. The normalized spacial score (nSPS) is 12.0. The molecule has 0 amide bonds. The quantitative estimate of drug-likeness (QED) is 0.430. The van der Waals surface area contributed by atoms with Crippen LogP contribution in [0.3, 0.4) is 0 Å². The molecule has 0 N–H and O–H groups in total. The van der Waals surface area contributed by atoms with Crippen molar-refractivity contribution in [2.75, 3.05) is 0 Å². The first-order valence-corrected chi connectivity index (χ1v) is 7.74. The van der Waals surface area contributed by atoms with Crippen LogP contribution in [-0.4, -0.2) is 8.80 Å². The highest BCUT2D eigenvalue weighted by Gasteiger charge is 2.17. The zero-order chi connectivity index (χ0) is 9.56. The fourth-order valence-corrected chi connectivity index (χ4v) is 5.70. The van der Waals surface area contributed by atoms with E-state index in [9.17, 15) is 0 Å². The molecule has 0 aromatic rings. The summed E-state index contributed by atoms with van der Waals surface area (Å²) in [7, 11) is -0.412. The maximum atomic E-state index is 2.42. The van der Waals surface area contributed by atoms with E-state index in [-0.39, 0.29) is 0 Å². The third kappa shape index (κ3) is 4.97. The molecular formula is C11H26Si. The Balaban J connectivity index is 3.64. The largest absolute Gasteiger partial charge is 0.0654 e. The van der Waals surface area contributed by atoms with Crippen LogP contribution in [0.2, 0.25) is 17.1 Å². The number of rotatable bonds is 6.